The van der Waals surface area contributed by atoms with Crippen LogP contribution >= 0.6 is 0 Å². The molecule has 2 N–H and O–H groups in total. The van der Waals surface area contributed by atoms with Crippen molar-refractivity contribution in [2.75, 3.05) is 26.2 Å². The Bertz CT molecular complexity index is 1480. The van der Waals surface area contributed by atoms with Crippen molar-refractivity contribution in [1.29, 1.82) is 0 Å². The Morgan fingerprint density at radius 2 is 1.95 bits per heavy atom. The molecule has 12 heteroatoms. The predicted octanol–water partition coefficient (Wildman–Crippen LogP) is 2.35. The molecule has 0 radical (unpaired) electrons. The van der Waals surface area contributed by atoms with Gasteiger partial charge in [0.05, 0.1) is 29.8 Å². The molecular formula is C28H35N5O6S. The van der Waals surface area contributed by atoms with Crippen LogP contribution in [-0.2, 0) is 41.6 Å². The van der Waals surface area contributed by atoms with E-state index in [2.05, 4.69) is 52.7 Å². The van der Waals surface area contributed by atoms with Crippen LogP contribution in [0, 0.1) is 11.8 Å². The maximum Gasteiger partial charge on any atom is 0.333 e. The molecule has 214 valence electrons. The summed E-state index contributed by atoms with van der Waals surface area (Å²) in [5.41, 5.74) is 3.46. The van der Waals surface area contributed by atoms with Gasteiger partial charge in [0.2, 0.25) is 0 Å². The zero-order chi connectivity index (χ0) is 28.7. The van der Waals surface area contributed by atoms with Crippen molar-refractivity contribution in [3.8, 4) is 11.8 Å². The van der Waals surface area contributed by atoms with E-state index in [0.717, 1.165) is 36.2 Å². The quantitative estimate of drug-likeness (QED) is 0.272. The number of hydrogen-bond acceptors (Lipinski definition) is 9. The highest BCUT2D eigenvalue weighted by Gasteiger charge is 2.40. The Balaban J connectivity index is 1.70. The number of ether oxygens (including phenoxy) is 2. The van der Waals surface area contributed by atoms with Gasteiger partial charge in [-0.2, -0.15) is 8.42 Å². The average molecular weight is 570 g/mol. The molecule has 1 fully saturated rings. The first-order valence-corrected chi connectivity index (χ1v) is 14.7. The zero-order valence-corrected chi connectivity index (χ0v) is 23.8. The summed E-state index contributed by atoms with van der Waals surface area (Å²) in [6.07, 6.45) is 2.94. The Morgan fingerprint density at radius 1 is 1.20 bits per heavy atom. The highest BCUT2D eigenvalue weighted by molar-refractivity contribution is 7.84. The number of carbonyl (C=O) groups excluding carboxylic acids is 1. The van der Waals surface area contributed by atoms with Gasteiger partial charge >= 0.3 is 16.3 Å². The normalized spacial score (nSPS) is 19.1. The molecule has 0 aliphatic carbocycles. The zero-order valence-electron chi connectivity index (χ0n) is 22.9. The molecule has 1 aromatic carbocycles. The topological polar surface area (TPSA) is 139 Å². The third-order valence-electron chi connectivity index (χ3n) is 6.81. The smallest absolute Gasteiger partial charge is 0.333 e. The SMILES string of the molecule is CCN(CC)CC#Cc1cn([C@H]2C[C@H](OC(C)=O)[C@H](COS(N)(=O)=O)O2)c2ncnc(CCc3ccccc3)c12. The Hall–Kier alpha value is -3.34. The standard InChI is InChI=1S/C28H35N5O6S/c1-4-32(5-2)15-9-12-22-17-33(26-16-24(38-20(3)34)25(39-26)18-37-40(29,35)36)28-27(22)23(30-19-31-28)14-13-21-10-7-6-8-11-21/h6-8,10-11,17,19,24-26H,4-5,13-16,18H2,1-3H3,(H2,29,35,36)/t24-,25-,26+/m0/s1. The summed E-state index contributed by atoms with van der Waals surface area (Å²) in [4.78, 5) is 23.2. The summed E-state index contributed by atoms with van der Waals surface area (Å²) in [5, 5.41) is 5.84. The number of aromatic nitrogens is 3. The molecule has 3 heterocycles. The maximum atomic E-state index is 11.8. The monoisotopic (exact) mass is 569 g/mol. The molecular weight excluding hydrogens is 534 g/mol. The Kier molecular flexibility index (Phi) is 9.89. The number of hydrogen-bond donors (Lipinski definition) is 1. The van der Waals surface area contributed by atoms with Gasteiger partial charge in [-0.1, -0.05) is 56.0 Å². The summed E-state index contributed by atoms with van der Waals surface area (Å²) >= 11 is 0. The highest BCUT2D eigenvalue weighted by atomic mass is 32.2. The van der Waals surface area contributed by atoms with Crippen LogP contribution in [0.5, 0.6) is 0 Å². The van der Waals surface area contributed by atoms with Crippen LogP contribution in [0.25, 0.3) is 11.0 Å². The molecule has 0 unspecified atom stereocenters. The van der Waals surface area contributed by atoms with Gasteiger partial charge in [-0.15, -0.1) is 0 Å². The van der Waals surface area contributed by atoms with Gasteiger partial charge in [-0.05, 0) is 31.5 Å². The molecule has 3 atom stereocenters. The van der Waals surface area contributed by atoms with Crippen LogP contribution in [0.15, 0.2) is 42.9 Å². The number of carbonyl (C=O) groups is 1. The molecule has 2 aromatic heterocycles. The van der Waals surface area contributed by atoms with Gasteiger partial charge in [-0.3, -0.25) is 13.9 Å². The minimum Gasteiger partial charge on any atom is -0.460 e. The van der Waals surface area contributed by atoms with Crippen LogP contribution in [-0.4, -0.2) is 72.3 Å². The van der Waals surface area contributed by atoms with E-state index in [0.29, 0.717) is 18.6 Å². The third-order valence-corrected chi connectivity index (χ3v) is 7.27. The molecule has 11 nitrogen and oxygen atoms in total. The molecule has 4 rings (SSSR count). The van der Waals surface area contributed by atoms with Gasteiger partial charge in [0.1, 0.15) is 30.4 Å². The number of aryl methyl sites for hydroxylation is 2. The number of nitrogens with zero attached hydrogens (tertiary/aromatic N) is 4. The van der Waals surface area contributed by atoms with E-state index in [1.807, 2.05) is 29.0 Å². The molecule has 0 spiro atoms. The minimum absolute atomic E-state index is 0.262. The van der Waals surface area contributed by atoms with Crippen LogP contribution in [0.3, 0.4) is 0 Å². The van der Waals surface area contributed by atoms with Crippen molar-refractivity contribution in [3.05, 3.63) is 59.7 Å². The van der Waals surface area contributed by atoms with Gasteiger partial charge in [0.25, 0.3) is 0 Å². The van der Waals surface area contributed by atoms with Crippen LogP contribution in [0.2, 0.25) is 0 Å². The van der Waals surface area contributed by atoms with Crippen LogP contribution in [0.4, 0.5) is 0 Å². The molecule has 0 amide bonds. The third kappa shape index (κ3) is 7.65. The lowest BCUT2D eigenvalue weighted by atomic mass is 10.1. The average Bonchev–Trinajstić information content (AvgIpc) is 3.50. The van der Waals surface area contributed by atoms with Gasteiger partial charge in [-0.25, -0.2) is 15.1 Å². The Labute approximate surface area is 234 Å². The number of esters is 1. The molecule has 1 saturated heterocycles. The number of fused-ring (bicyclic) bond motifs is 1. The summed E-state index contributed by atoms with van der Waals surface area (Å²) in [5.74, 6) is 6.08. The number of rotatable bonds is 11. The van der Waals surface area contributed by atoms with Crippen molar-refractivity contribution < 1.29 is 26.9 Å². The number of benzene rings is 1. The van der Waals surface area contributed by atoms with Gasteiger partial charge < -0.3 is 14.0 Å². The van der Waals surface area contributed by atoms with Gasteiger partial charge in [0.15, 0.2) is 0 Å². The fourth-order valence-corrected chi connectivity index (χ4v) is 5.10. The van der Waals surface area contributed by atoms with Crippen molar-refractivity contribution >= 4 is 27.3 Å². The molecule has 1 aliphatic heterocycles. The second kappa shape index (κ2) is 13.3. The maximum absolute atomic E-state index is 11.8. The van der Waals surface area contributed by atoms with E-state index in [-0.39, 0.29) is 13.0 Å². The fourth-order valence-electron chi connectivity index (χ4n) is 4.77. The summed E-state index contributed by atoms with van der Waals surface area (Å²) in [6.45, 7) is 7.50. The fraction of sp³-hybridized carbons (Fsp3) is 0.464. The molecule has 0 bridgehead atoms. The summed E-state index contributed by atoms with van der Waals surface area (Å²) in [7, 11) is -4.20. The first-order valence-electron chi connectivity index (χ1n) is 13.3. The van der Waals surface area contributed by atoms with E-state index < -0.39 is 34.7 Å². The van der Waals surface area contributed by atoms with Crippen molar-refractivity contribution in [2.45, 2.75) is 58.5 Å². The minimum atomic E-state index is -4.20. The largest absolute Gasteiger partial charge is 0.460 e. The van der Waals surface area contributed by atoms with Crippen LogP contribution in [0.1, 0.15) is 50.2 Å². The van der Waals surface area contributed by atoms with E-state index in [1.165, 1.54) is 18.8 Å². The van der Waals surface area contributed by atoms with E-state index in [1.54, 1.807) is 0 Å². The van der Waals surface area contributed by atoms with E-state index >= 15 is 0 Å². The van der Waals surface area contributed by atoms with E-state index in [9.17, 15) is 13.2 Å². The Morgan fingerprint density at radius 3 is 2.62 bits per heavy atom. The van der Waals surface area contributed by atoms with Crippen molar-refractivity contribution in [1.82, 2.24) is 19.4 Å². The lowest BCUT2D eigenvalue weighted by Gasteiger charge is -2.17. The highest BCUT2D eigenvalue weighted by Crippen LogP contribution is 2.35. The number of nitrogens with two attached hydrogens (primary N) is 1. The summed E-state index contributed by atoms with van der Waals surface area (Å²) in [6, 6.07) is 10.2. The second-order valence-corrected chi connectivity index (χ2v) is 10.7. The lowest BCUT2D eigenvalue weighted by Crippen LogP contribution is -2.32. The first-order chi connectivity index (χ1) is 19.2. The predicted molar refractivity (Wildman–Crippen MR) is 149 cm³/mol. The van der Waals surface area contributed by atoms with Gasteiger partial charge in [0, 0.05) is 19.5 Å². The first kappa shape index (κ1) is 29.6. The lowest BCUT2D eigenvalue weighted by molar-refractivity contribution is -0.150. The van der Waals surface area contributed by atoms with Crippen molar-refractivity contribution in [3.63, 3.8) is 0 Å². The molecule has 0 saturated carbocycles. The van der Waals surface area contributed by atoms with Crippen molar-refractivity contribution in [2.24, 2.45) is 5.14 Å². The molecule has 40 heavy (non-hydrogen) atoms. The molecule has 1 aliphatic rings. The van der Waals surface area contributed by atoms with E-state index in [4.69, 9.17) is 18.8 Å². The molecule has 3 aromatic rings. The second-order valence-electron chi connectivity index (χ2n) is 9.51. The van der Waals surface area contributed by atoms with Crippen LogP contribution < -0.4 is 5.14 Å². The summed E-state index contributed by atoms with van der Waals surface area (Å²) < 4.78 is 41.0.